The number of aliphatic hydroxyl groups excluding tert-OH is 1. The second-order valence-corrected chi connectivity index (χ2v) is 6.05. The van der Waals surface area contributed by atoms with Crippen molar-refractivity contribution in [2.75, 3.05) is 4.90 Å². The summed E-state index contributed by atoms with van der Waals surface area (Å²) in [7, 11) is 0. The van der Waals surface area contributed by atoms with Crippen LogP contribution in [-0.4, -0.2) is 31.7 Å². The molecule has 1 N–H and O–H groups in total. The topological polar surface area (TPSA) is 140 Å². The van der Waals surface area contributed by atoms with Crippen LogP contribution in [-0.2, 0) is 4.79 Å². The number of furan rings is 1. The third kappa shape index (κ3) is 3.02. The molecule has 1 amide bonds. The van der Waals surface area contributed by atoms with Gasteiger partial charge in [0.15, 0.2) is 11.5 Å². The number of carbonyl (C=O) groups is 2. The first-order chi connectivity index (χ1) is 14.0. The van der Waals surface area contributed by atoms with Gasteiger partial charge in [-0.05, 0) is 23.8 Å². The maximum atomic E-state index is 13.0. The molecule has 0 spiro atoms. The number of aromatic nitrogens is 2. The molecule has 0 fully saturated rings. The Labute approximate surface area is 162 Å². The molecular formula is C19H12N4O6. The first kappa shape index (κ1) is 18.0. The van der Waals surface area contributed by atoms with Gasteiger partial charge < -0.3 is 9.52 Å². The largest absolute Gasteiger partial charge is 0.503 e. The minimum absolute atomic E-state index is 0.0669. The van der Waals surface area contributed by atoms with Crippen molar-refractivity contribution in [1.29, 1.82) is 0 Å². The number of nitro benzene ring substituents is 1. The predicted octanol–water partition coefficient (Wildman–Crippen LogP) is 2.76. The average molecular weight is 392 g/mol. The highest BCUT2D eigenvalue weighted by atomic mass is 16.6. The SMILES string of the molecule is O=C(C1=C(O)C(=O)N(c2ncccn2)C1c1cccc([N+](=O)[O-])c1)c1ccco1. The molecule has 144 valence electrons. The summed E-state index contributed by atoms with van der Waals surface area (Å²) in [6, 6.07) is 8.67. The summed E-state index contributed by atoms with van der Waals surface area (Å²) in [6.45, 7) is 0. The van der Waals surface area contributed by atoms with E-state index in [1.54, 1.807) is 0 Å². The van der Waals surface area contributed by atoms with E-state index in [1.807, 2.05) is 0 Å². The van der Waals surface area contributed by atoms with E-state index < -0.39 is 28.4 Å². The van der Waals surface area contributed by atoms with Crippen molar-refractivity contribution in [3.63, 3.8) is 0 Å². The van der Waals surface area contributed by atoms with Crippen molar-refractivity contribution < 1.29 is 24.0 Å². The number of ketones is 1. The Balaban J connectivity index is 1.91. The predicted molar refractivity (Wildman–Crippen MR) is 98.0 cm³/mol. The number of nitrogens with zero attached hydrogens (tertiary/aromatic N) is 4. The summed E-state index contributed by atoms with van der Waals surface area (Å²) in [5, 5.41) is 21.7. The first-order valence-electron chi connectivity index (χ1n) is 8.35. The van der Waals surface area contributed by atoms with Gasteiger partial charge in [-0.15, -0.1) is 0 Å². The van der Waals surface area contributed by atoms with Crippen LogP contribution in [0.3, 0.4) is 0 Å². The summed E-state index contributed by atoms with van der Waals surface area (Å²) in [4.78, 5) is 45.5. The third-order valence-corrected chi connectivity index (χ3v) is 4.36. The lowest BCUT2D eigenvalue weighted by Gasteiger charge is -2.24. The lowest BCUT2D eigenvalue weighted by atomic mass is 9.95. The van der Waals surface area contributed by atoms with E-state index >= 15 is 0 Å². The van der Waals surface area contributed by atoms with Gasteiger partial charge in [0.25, 0.3) is 11.6 Å². The second kappa shape index (κ2) is 7.00. The Kier molecular flexibility index (Phi) is 4.36. The first-order valence-corrected chi connectivity index (χ1v) is 8.35. The molecule has 3 heterocycles. The van der Waals surface area contributed by atoms with E-state index in [1.165, 1.54) is 61.1 Å². The fourth-order valence-corrected chi connectivity index (χ4v) is 3.12. The lowest BCUT2D eigenvalue weighted by Crippen LogP contribution is -2.32. The van der Waals surface area contributed by atoms with Crippen LogP contribution in [0.1, 0.15) is 22.2 Å². The summed E-state index contributed by atoms with van der Waals surface area (Å²) in [6.07, 6.45) is 4.06. The van der Waals surface area contributed by atoms with E-state index in [0.29, 0.717) is 0 Å². The number of anilines is 1. The molecule has 0 radical (unpaired) electrons. The standard InChI is InChI=1S/C19H12N4O6/c24-16(13-6-2-9-29-13)14-15(11-4-1-5-12(10-11)23(27)28)22(18(26)17(14)25)19-20-7-3-8-21-19/h1-10,15,25H. The summed E-state index contributed by atoms with van der Waals surface area (Å²) in [5.74, 6) is -2.58. The van der Waals surface area contributed by atoms with Crippen LogP contribution in [0.2, 0.25) is 0 Å². The van der Waals surface area contributed by atoms with Gasteiger partial charge in [0.1, 0.15) is 0 Å². The van der Waals surface area contributed by atoms with Gasteiger partial charge in [0, 0.05) is 24.5 Å². The van der Waals surface area contributed by atoms with Gasteiger partial charge in [-0.25, -0.2) is 9.97 Å². The average Bonchev–Trinajstić information content (AvgIpc) is 3.36. The molecule has 10 nitrogen and oxygen atoms in total. The van der Waals surface area contributed by atoms with Gasteiger partial charge in [0.2, 0.25) is 11.7 Å². The Morgan fingerprint density at radius 1 is 1.17 bits per heavy atom. The third-order valence-electron chi connectivity index (χ3n) is 4.36. The molecule has 1 unspecified atom stereocenters. The molecule has 29 heavy (non-hydrogen) atoms. The summed E-state index contributed by atoms with van der Waals surface area (Å²) >= 11 is 0. The number of rotatable bonds is 5. The number of carbonyl (C=O) groups excluding carboxylic acids is 2. The highest BCUT2D eigenvalue weighted by molar-refractivity contribution is 6.19. The minimum Gasteiger partial charge on any atom is -0.503 e. The highest BCUT2D eigenvalue weighted by Crippen LogP contribution is 2.41. The highest BCUT2D eigenvalue weighted by Gasteiger charge is 2.46. The molecule has 3 aromatic rings. The Hall–Kier alpha value is -4.34. The zero-order valence-corrected chi connectivity index (χ0v) is 14.6. The van der Waals surface area contributed by atoms with Gasteiger partial charge in [0.05, 0.1) is 22.8 Å². The van der Waals surface area contributed by atoms with E-state index in [4.69, 9.17) is 4.42 Å². The van der Waals surface area contributed by atoms with Gasteiger partial charge in [-0.2, -0.15) is 0 Å². The smallest absolute Gasteiger partial charge is 0.296 e. The van der Waals surface area contributed by atoms with Crippen molar-refractivity contribution in [3.8, 4) is 0 Å². The Bertz CT molecular complexity index is 1140. The number of hydrogen-bond acceptors (Lipinski definition) is 8. The number of benzene rings is 1. The molecule has 2 aromatic heterocycles. The Morgan fingerprint density at radius 3 is 2.59 bits per heavy atom. The summed E-state index contributed by atoms with van der Waals surface area (Å²) < 4.78 is 5.11. The van der Waals surface area contributed by atoms with Crippen LogP contribution in [0.25, 0.3) is 0 Å². The number of hydrogen-bond donors (Lipinski definition) is 1. The fourth-order valence-electron chi connectivity index (χ4n) is 3.12. The molecule has 0 saturated carbocycles. The van der Waals surface area contributed by atoms with Crippen molar-refractivity contribution in [2.45, 2.75) is 6.04 Å². The molecule has 0 aliphatic carbocycles. The summed E-state index contributed by atoms with van der Waals surface area (Å²) in [5.41, 5.74) is -0.281. The van der Waals surface area contributed by atoms with Crippen LogP contribution >= 0.6 is 0 Å². The van der Waals surface area contributed by atoms with Crippen molar-refractivity contribution in [2.24, 2.45) is 0 Å². The molecule has 1 aliphatic heterocycles. The van der Waals surface area contributed by atoms with E-state index in [9.17, 15) is 24.8 Å². The van der Waals surface area contributed by atoms with Gasteiger partial charge in [-0.1, -0.05) is 12.1 Å². The molecule has 1 aromatic carbocycles. The second-order valence-electron chi connectivity index (χ2n) is 6.05. The molecule has 1 atom stereocenters. The number of non-ortho nitro benzene ring substituents is 1. The van der Waals surface area contributed by atoms with Crippen LogP contribution in [0.15, 0.2) is 76.9 Å². The molecule has 0 saturated heterocycles. The van der Waals surface area contributed by atoms with Crippen molar-refractivity contribution >= 4 is 23.3 Å². The van der Waals surface area contributed by atoms with Crippen molar-refractivity contribution in [1.82, 2.24) is 9.97 Å². The minimum atomic E-state index is -1.18. The maximum absolute atomic E-state index is 13.0. The number of Topliss-reactive ketones (excluding diaryl/α,β-unsaturated/α-hetero) is 1. The number of nitro groups is 1. The normalized spacial score (nSPS) is 16.3. The zero-order valence-electron chi connectivity index (χ0n) is 14.6. The molecular weight excluding hydrogens is 380 g/mol. The number of aliphatic hydroxyl groups is 1. The number of amides is 1. The molecule has 4 rings (SSSR count). The molecule has 1 aliphatic rings. The monoisotopic (exact) mass is 392 g/mol. The van der Waals surface area contributed by atoms with Gasteiger partial charge in [-0.3, -0.25) is 24.6 Å². The maximum Gasteiger partial charge on any atom is 0.296 e. The van der Waals surface area contributed by atoms with E-state index in [2.05, 4.69) is 9.97 Å². The zero-order chi connectivity index (χ0) is 20.5. The fraction of sp³-hybridized carbons (Fsp3) is 0.0526. The molecule has 10 heteroatoms. The van der Waals surface area contributed by atoms with Crippen LogP contribution in [0.4, 0.5) is 11.6 Å². The van der Waals surface area contributed by atoms with E-state index in [-0.39, 0.29) is 28.5 Å². The van der Waals surface area contributed by atoms with Gasteiger partial charge >= 0.3 is 0 Å². The van der Waals surface area contributed by atoms with Crippen molar-refractivity contribution in [3.05, 3.63) is 93.9 Å². The molecule has 0 bridgehead atoms. The Morgan fingerprint density at radius 2 is 1.93 bits per heavy atom. The lowest BCUT2D eigenvalue weighted by molar-refractivity contribution is -0.384. The van der Waals surface area contributed by atoms with Crippen LogP contribution in [0, 0.1) is 10.1 Å². The van der Waals surface area contributed by atoms with Crippen LogP contribution < -0.4 is 4.90 Å². The van der Waals surface area contributed by atoms with Crippen LogP contribution in [0.5, 0.6) is 0 Å². The quantitative estimate of drug-likeness (QED) is 0.397. The van der Waals surface area contributed by atoms with E-state index in [0.717, 1.165) is 4.90 Å².